The monoisotopic (exact) mass is 490 g/mol. The number of rotatable bonds is 11. The van der Waals surface area contributed by atoms with Gasteiger partial charge in [0.2, 0.25) is 0 Å². The molecule has 4 aliphatic carbocycles. The lowest BCUT2D eigenvalue weighted by Crippen LogP contribution is -2.51. The fourth-order valence-corrected chi connectivity index (χ4v) is 9.13. The molecule has 0 aromatic rings. The van der Waals surface area contributed by atoms with Gasteiger partial charge in [-0.25, -0.2) is 4.89 Å². The van der Waals surface area contributed by atoms with E-state index in [4.69, 9.17) is 19.2 Å². The Labute approximate surface area is 215 Å². The van der Waals surface area contributed by atoms with E-state index in [0.717, 1.165) is 48.3 Å². The average molecular weight is 491 g/mol. The molecule has 3 saturated carbocycles. The maximum Gasteiger partial charge on any atom is 0.300 e. The van der Waals surface area contributed by atoms with E-state index in [1.165, 1.54) is 57.8 Å². The van der Waals surface area contributed by atoms with Crippen molar-refractivity contribution in [3.8, 4) is 0 Å². The van der Waals surface area contributed by atoms with E-state index in [9.17, 15) is 0 Å². The molecule has 0 radical (unpaired) electrons. The van der Waals surface area contributed by atoms with Crippen molar-refractivity contribution >= 4 is 0 Å². The molecule has 0 N–H and O–H groups in total. The highest BCUT2D eigenvalue weighted by atomic mass is 17.3. The average Bonchev–Trinajstić information content (AvgIpc) is 3.18. The van der Waals surface area contributed by atoms with E-state index >= 15 is 0 Å². The number of fused-ring (bicyclic) bond motifs is 5. The maximum atomic E-state index is 5.80. The zero-order valence-corrected chi connectivity index (χ0v) is 23.8. The van der Waals surface area contributed by atoms with Gasteiger partial charge in [-0.2, -0.15) is 4.89 Å². The third-order valence-corrected chi connectivity index (χ3v) is 11.0. The van der Waals surface area contributed by atoms with Crippen LogP contribution in [0.3, 0.4) is 0 Å². The van der Waals surface area contributed by atoms with Gasteiger partial charge < -0.3 is 9.47 Å². The van der Waals surface area contributed by atoms with Crippen LogP contribution in [0.1, 0.15) is 112 Å². The summed E-state index contributed by atoms with van der Waals surface area (Å²) in [5.74, 6) is 5.28. The van der Waals surface area contributed by atoms with Crippen LogP contribution < -0.4 is 0 Å². The molecule has 0 heterocycles. The van der Waals surface area contributed by atoms with Crippen LogP contribution in [-0.2, 0) is 19.2 Å². The zero-order valence-electron chi connectivity index (χ0n) is 23.8. The van der Waals surface area contributed by atoms with Gasteiger partial charge in [0, 0.05) is 13.7 Å². The first kappa shape index (κ1) is 27.6. The van der Waals surface area contributed by atoms with Crippen LogP contribution in [0.15, 0.2) is 11.6 Å². The van der Waals surface area contributed by atoms with Crippen LogP contribution in [-0.4, -0.2) is 26.3 Å². The van der Waals surface area contributed by atoms with E-state index in [2.05, 4.69) is 40.7 Å². The highest BCUT2D eigenvalue weighted by molar-refractivity contribution is 5.25. The second-order valence-electron chi connectivity index (χ2n) is 13.3. The minimum absolute atomic E-state index is 0.0976. The predicted molar refractivity (Wildman–Crippen MR) is 141 cm³/mol. The highest BCUT2D eigenvalue weighted by Gasteiger charge is 2.59. The van der Waals surface area contributed by atoms with Crippen molar-refractivity contribution < 1.29 is 19.2 Å². The van der Waals surface area contributed by atoms with Gasteiger partial charge in [-0.1, -0.05) is 65.5 Å². The number of methoxy groups -OCH3 is 1. The summed E-state index contributed by atoms with van der Waals surface area (Å²) in [7, 11) is 1.59. The van der Waals surface area contributed by atoms with Gasteiger partial charge in [-0.15, -0.1) is 0 Å². The summed E-state index contributed by atoms with van der Waals surface area (Å²) in [6, 6.07) is 0. The van der Waals surface area contributed by atoms with Gasteiger partial charge in [0.25, 0.3) is 0 Å². The molecule has 4 rings (SSSR count). The Balaban J connectivity index is 1.39. The molecule has 0 amide bonds. The summed E-state index contributed by atoms with van der Waals surface area (Å²) in [6.45, 7) is 14.3. The lowest BCUT2D eigenvalue weighted by Gasteiger charge is -2.58. The smallest absolute Gasteiger partial charge is 0.300 e. The van der Waals surface area contributed by atoms with Crippen LogP contribution in [0.25, 0.3) is 0 Å². The molecule has 0 saturated heterocycles. The summed E-state index contributed by atoms with van der Waals surface area (Å²) in [6.07, 6.45) is 17.3. The van der Waals surface area contributed by atoms with E-state index in [0.29, 0.717) is 17.4 Å². The molecule has 2 unspecified atom stereocenters. The number of hydrogen-bond acceptors (Lipinski definition) is 4. The molecular formula is C31H54O4. The molecule has 9 atom stereocenters. The lowest BCUT2D eigenvalue weighted by molar-refractivity contribution is -0.455. The molecule has 3 fully saturated rings. The first-order valence-electron chi connectivity index (χ1n) is 14.9. The van der Waals surface area contributed by atoms with Crippen molar-refractivity contribution in [1.29, 1.82) is 0 Å². The first-order chi connectivity index (χ1) is 16.7. The van der Waals surface area contributed by atoms with Gasteiger partial charge in [-0.05, 0) is 105 Å². The van der Waals surface area contributed by atoms with Crippen molar-refractivity contribution in [1.82, 2.24) is 0 Å². The van der Waals surface area contributed by atoms with E-state index in [1.54, 1.807) is 12.7 Å². The van der Waals surface area contributed by atoms with Crippen molar-refractivity contribution in [2.45, 2.75) is 125 Å². The van der Waals surface area contributed by atoms with Crippen molar-refractivity contribution in [2.75, 3.05) is 13.7 Å². The Morgan fingerprint density at radius 3 is 2.51 bits per heavy atom. The molecule has 202 valence electrons. The van der Waals surface area contributed by atoms with Crippen LogP contribution in [0.4, 0.5) is 0 Å². The molecule has 4 heteroatoms. The Morgan fingerprint density at radius 1 is 1.00 bits per heavy atom. The van der Waals surface area contributed by atoms with Gasteiger partial charge in [-0.3, -0.25) is 0 Å². The Bertz CT molecular complexity index is 719. The summed E-state index contributed by atoms with van der Waals surface area (Å²) in [5.41, 5.74) is 2.53. The Kier molecular flexibility index (Phi) is 9.10. The standard InChI is InChI=1S/C31H54O4/c1-8-33-29(32-7)35-34-24-16-18-30(5)23(20-24)12-13-25-27-15-14-26(22(4)11-9-10-21(2)3)31(27,6)19-17-28(25)30/h12,21-22,24-29H,8-11,13-20H2,1-7H3/t22-,24?,25+,26-,27+,28+,29?,30+,31-/m1/s1. The number of allylic oxidation sites excluding steroid dienone is 1. The lowest BCUT2D eigenvalue weighted by atomic mass is 9.47. The minimum Gasteiger partial charge on any atom is -0.331 e. The van der Waals surface area contributed by atoms with Gasteiger partial charge in [0.05, 0.1) is 6.10 Å². The van der Waals surface area contributed by atoms with Crippen molar-refractivity contribution in [3.63, 3.8) is 0 Å². The normalized spacial score (nSPS) is 40.6. The Hall–Kier alpha value is -0.420. The largest absolute Gasteiger partial charge is 0.331 e. The van der Waals surface area contributed by atoms with Crippen LogP contribution >= 0.6 is 0 Å². The topological polar surface area (TPSA) is 36.9 Å². The minimum atomic E-state index is -0.739. The maximum absolute atomic E-state index is 5.80. The molecule has 0 aromatic carbocycles. The summed E-state index contributed by atoms with van der Waals surface area (Å²) >= 11 is 0. The predicted octanol–water partition coefficient (Wildman–Crippen LogP) is 8.31. The van der Waals surface area contributed by atoms with Crippen LogP contribution in [0, 0.1) is 46.3 Å². The van der Waals surface area contributed by atoms with E-state index in [-0.39, 0.29) is 6.10 Å². The second-order valence-corrected chi connectivity index (χ2v) is 13.3. The summed E-state index contributed by atoms with van der Waals surface area (Å²) in [5, 5.41) is 0. The van der Waals surface area contributed by atoms with Gasteiger partial charge in [0.1, 0.15) is 0 Å². The van der Waals surface area contributed by atoms with Gasteiger partial charge >= 0.3 is 6.48 Å². The molecule has 0 aromatic heterocycles. The van der Waals surface area contributed by atoms with E-state index in [1.807, 2.05) is 6.92 Å². The van der Waals surface area contributed by atoms with Gasteiger partial charge in [0.15, 0.2) is 0 Å². The molecule has 35 heavy (non-hydrogen) atoms. The first-order valence-corrected chi connectivity index (χ1v) is 14.9. The third-order valence-electron chi connectivity index (χ3n) is 11.0. The molecule has 0 spiro atoms. The number of hydrogen-bond donors (Lipinski definition) is 0. The SMILES string of the molecule is CCOC(OC)OOC1CC[C@@]2(C)C(=CC[C@H]3[C@@H]4CC[C@H]([C@H](C)CCCC(C)C)[C@@]4(C)CC[C@@H]32)C1. The zero-order chi connectivity index (χ0) is 25.2. The van der Waals surface area contributed by atoms with Crippen molar-refractivity contribution in [2.24, 2.45) is 46.3 Å². The Morgan fingerprint density at radius 2 is 1.80 bits per heavy atom. The van der Waals surface area contributed by atoms with Crippen molar-refractivity contribution in [3.05, 3.63) is 11.6 Å². The second kappa shape index (κ2) is 11.5. The number of ether oxygens (including phenoxy) is 2. The van der Waals surface area contributed by atoms with Crippen LogP contribution in [0.2, 0.25) is 0 Å². The van der Waals surface area contributed by atoms with Crippen LogP contribution in [0.5, 0.6) is 0 Å². The summed E-state index contributed by atoms with van der Waals surface area (Å²) in [4.78, 5) is 11.3. The highest BCUT2D eigenvalue weighted by Crippen LogP contribution is 2.67. The fourth-order valence-electron chi connectivity index (χ4n) is 9.13. The third kappa shape index (κ3) is 5.56. The molecule has 4 nitrogen and oxygen atoms in total. The van der Waals surface area contributed by atoms with E-state index < -0.39 is 6.48 Å². The molecule has 0 bridgehead atoms. The molecular weight excluding hydrogens is 436 g/mol. The summed E-state index contributed by atoms with van der Waals surface area (Å²) < 4.78 is 10.6. The molecule has 4 aliphatic rings. The molecule has 0 aliphatic heterocycles. The quantitative estimate of drug-likeness (QED) is 0.126. The fraction of sp³-hybridized carbons (Fsp3) is 0.935.